The molecule has 0 aromatic heterocycles. The molecule has 1 spiro atoms. The van der Waals surface area contributed by atoms with Crippen molar-refractivity contribution in [3.63, 3.8) is 0 Å². The summed E-state index contributed by atoms with van der Waals surface area (Å²) in [6.07, 6.45) is 9.15. The highest BCUT2D eigenvalue weighted by Crippen LogP contribution is 2.51. The minimum absolute atomic E-state index is 0.0628. The summed E-state index contributed by atoms with van der Waals surface area (Å²) in [7, 11) is 0. The average Bonchev–Trinajstić information content (AvgIpc) is 2.04. The maximum atomic E-state index is 9.52. The molecule has 0 unspecified atom stereocenters. The second-order valence-corrected chi connectivity index (χ2v) is 3.98. The van der Waals surface area contributed by atoms with Crippen molar-refractivity contribution in [3.05, 3.63) is 0 Å². The second kappa shape index (κ2) is 2.23. The Labute approximate surface area is 62.4 Å². The lowest BCUT2D eigenvalue weighted by molar-refractivity contribution is -0.0869. The quantitative estimate of drug-likeness (QED) is 0.546. The number of hydrogen-bond donors (Lipinski definition) is 1. The molecule has 2 saturated carbocycles. The molecule has 0 aliphatic heterocycles. The molecule has 0 aromatic carbocycles. The molecule has 58 valence electrons. The molecule has 1 N–H and O–H groups in total. The van der Waals surface area contributed by atoms with Gasteiger partial charge in [-0.25, -0.2) is 0 Å². The van der Waals surface area contributed by atoms with E-state index < -0.39 is 0 Å². The first kappa shape index (κ1) is 6.66. The molecule has 2 aliphatic rings. The molecular formula is C9H16O. The Balaban J connectivity index is 1.99. The van der Waals surface area contributed by atoms with Gasteiger partial charge in [-0.3, -0.25) is 0 Å². The SMILES string of the molecule is O[C@H]1CCC12CCCCC2. The fourth-order valence-electron chi connectivity index (χ4n) is 2.52. The van der Waals surface area contributed by atoms with Crippen LogP contribution in [0.25, 0.3) is 0 Å². The summed E-state index contributed by atoms with van der Waals surface area (Å²) in [4.78, 5) is 0. The van der Waals surface area contributed by atoms with Crippen molar-refractivity contribution in [1.82, 2.24) is 0 Å². The van der Waals surface area contributed by atoms with E-state index in [1.54, 1.807) is 0 Å². The lowest BCUT2D eigenvalue weighted by atomic mass is 9.59. The zero-order valence-corrected chi connectivity index (χ0v) is 6.47. The Morgan fingerprint density at radius 2 is 1.70 bits per heavy atom. The monoisotopic (exact) mass is 140 g/mol. The molecule has 2 rings (SSSR count). The van der Waals surface area contributed by atoms with Crippen LogP contribution in [0, 0.1) is 5.41 Å². The van der Waals surface area contributed by atoms with Crippen LogP contribution >= 0.6 is 0 Å². The fourth-order valence-corrected chi connectivity index (χ4v) is 2.52. The Morgan fingerprint density at radius 3 is 2.00 bits per heavy atom. The Kier molecular flexibility index (Phi) is 1.48. The topological polar surface area (TPSA) is 20.2 Å². The zero-order chi connectivity index (χ0) is 7.03. The first-order chi connectivity index (χ1) is 4.83. The van der Waals surface area contributed by atoms with Gasteiger partial charge in [-0.2, -0.15) is 0 Å². The maximum Gasteiger partial charge on any atom is 0.0596 e. The van der Waals surface area contributed by atoms with E-state index in [-0.39, 0.29) is 6.10 Å². The summed E-state index contributed by atoms with van der Waals surface area (Å²) in [5, 5.41) is 9.52. The molecule has 1 heteroatoms. The van der Waals surface area contributed by atoms with Crippen LogP contribution in [-0.4, -0.2) is 11.2 Å². The summed E-state index contributed by atoms with van der Waals surface area (Å²) in [6.45, 7) is 0. The Bertz CT molecular complexity index is 125. The van der Waals surface area contributed by atoms with Gasteiger partial charge in [-0.1, -0.05) is 19.3 Å². The summed E-state index contributed by atoms with van der Waals surface area (Å²) < 4.78 is 0. The number of aliphatic hydroxyl groups is 1. The highest BCUT2D eigenvalue weighted by Gasteiger charge is 2.45. The molecule has 2 aliphatic carbocycles. The van der Waals surface area contributed by atoms with Gasteiger partial charge in [0, 0.05) is 0 Å². The minimum atomic E-state index is 0.0628. The predicted octanol–water partition coefficient (Wildman–Crippen LogP) is 2.09. The number of aliphatic hydroxyl groups excluding tert-OH is 1. The number of rotatable bonds is 0. The molecule has 0 bridgehead atoms. The smallest absolute Gasteiger partial charge is 0.0596 e. The molecular weight excluding hydrogens is 124 g/mol. The van der Waals surface area contributed by atoms with Crippen LogP contribution in [-0.2, 0) is 0 Å². The summed E-state index contributed by atoms with van der Waals surface area (Å²) in [5.41, 5.74) is 0.415. The molecule has 0 aromatic rings. The van der Waals surface area contributed by atoms with Gasteiger partial charge >= 0.3 is 0 Å². The first-order valence-electron chi connectivity index (χ1n) is 4.52. The van der Waals surface area contributed by atoms with Crippen molar-refractivity contribution in [2.24, 2.45) is 5.41 Å². The molecule has 1 nitrogen and oxygen atoms in total. The van der Waals surface area contributed by atoms with Crippen LogP contribution < -0.4 is 0 Å². The van der Waals surface area contributed by atoms with Gasteiger partial charge in [0.1, 0.15) is 0 Å². The van der Waals surface area contributed by atoms with Crippen molar-refractivity contribution < 1.29 is 5.11 Å². The van der Waals surface area contributed by atoms with Gasteiger partial charge in [-0.15, -0.1) is 0 Å². The first-order valence-corrected chi connectivity index (χ1v) is 4.52. The molecule has 0 saturated heterocycles. The van der Waals surface area contributed by atoms with E-state index in [1.807, 2.05) is 0 Å². The van der Waals surface area contributed by atoms with Gasteiger partial charge in [0.05, 0.1) is 6.10 Å². The molecule has 0 amide bonds. The van der Waals surface area contributed by atoms with Gasteiger partial charge in [-0.05, 0) is 31.1 Å². The van der Waals surface area contributed by atoms with Crippen LogP contribution in [0.5, 0.6) is 0 Å². The van der Waals surface area contributed by atoms with Crippen LogP contribution in [0.2, 0.25) is 0 Å². The third-order valence-corrected chi connectivity index (χ3v) is 3.47. The van der Waals surface area contributed by atoms with Crippen molar-refractivity contribution in [1.29, 1.82) is 0 Å². The molecule has 1 atom stereocenters. The summed E-state index contributed by atoms with van der Waals surface area (Å²) >= 11 is 0. The molecule has 2 fully saturated rings. The normalized spacial score (nSPS) is 37.5. The van der Waals surface area contributed by atoms with E-state index >= 15 is 0 Å². The average molecular weight is 140 g/mol. The Morgan fingerprint density at radius 1 is 1.00 bits per heavy atom. The summed E-state index contributed by atoms with van der Waals surface area (Å²) in [5.74, 6) is 0. The van der Waals surface area contributed by atoms with Crippen LogP contribution in [0.1, 0.15) is 44.9 Å². The van der Waals surface area contributed by atoms with Crippen LogP contribution in [0.3, 0.4) is 0 Å². The van der Waals surface area contributed by atoms with Gasteiger partial charge in [0.2, 0.25) is 0 Å². The van der Waals surface area contributed by atoms with Crippen molar-refractivity contribution in [2.45, 2.75) is 51.0 Å². The lowest BCUT2D eigenvalue weighted by Gasteiger charge is -2.49. The van der Waals surface area contributed by atoms with E-state index in [2.05, 4.69) is 0 Å². The van der Waals surface area contributed by atoms with Crippen LogP contribution in [0.15, 0.2) is 0 Å². The van der Waals surface area contributed by atoms with Crippen LogP contribution in [0.4, 0.5) is 0 Å². The second-order valence-electron chi connectivity index (χ2n) is 3.98. The van der Waals surface area contributed by atoms with E-state index in [1.165, 1.54) is 38.5 Å². The highest BCUT2D eigenvalue weighted by atomic mass is 16.3. The Hall–Kier alpha value is -0.0400. The third-order valence-electron chi connectivity index (χ3n) is 3.47. The van der Waals surface area contributed by atoms with Gasteiger partial charge < -0.3 is 5.11 Å². The molecule has 10 heavy (non-hydrogen) atoms. The number of hydrogen-bond acceptors (Lipinski definition) is 1. The standard InChI is InChI=1S/C9H16O/c10-8-4-7-9(8)5-2-1-3-6-9/h8,10H,1-7H2/t8-/m0/s1. The van der Waals surface area contributed by atoms with Crippen molar-refractivity contribution >= 4 is 0 Å². The van der Waals surface area contributed by atoms with Crippen molar-refractivity contribution in [2.75, 3.05) is 0 Å². The van der Waals surface area contributed by atoms with E-state index in [0.29, 0.717) is 5.41 Å². The van der Waals surface area contributed by atoms with Crippen molar-refractivity contribution in [3.8, 4) is 0 Å². The fraction of sp³-hybridized carbons (Fsp3) is 1.00. The third kappa shape index (κ3) is 0.800. The molecule has 0 radical (unpaired) electrons. The van der Waals surface area contributed by atoms with E-state index in [0.717, 1.165) is 6.42 Å². The lowest BCUT2D eigenvalue weighted by Crippen LogP contribution is -2.45. The van der Waals surface area contributed by atoms with Gasteiger partial charge in [0.15, 0.2) is 0 Å². The highest BCUT2D eigenvalue weighted by molar-refractivity contribution is 4.97. The maximum absolute atomic E-state index is 9.52. The van der Waals surface area contributed by atoms with E-state index in [4.69, 9.17) is 0 Å². The zero-order valence-electron chi connectivity index (χ0n) is 6.47. The predicted molar refractivity (Wildman–Crippen MR) is 40.8 cm³/mol. The van der Waals surface area contributed by atoms with Gasteiger partial charge in [0.25, 0.3) is 0 Å². The van der Waals surface area contributed by atoms with E-state index in [9.17, 15) is 5.11 Å². The largest absolute Gasteiger partial charge is 0.393 e. The molecule has 0 heterocycles. The summed E-state index contributed by atoms with van der Waals surface area (Å²) in [6, 6.07) is 0. The minimum Gasteiger partial charge on any atom is -0.393 e.